The van der Waals surface area contributed by atoms with E-state index < -0.39 is 17.0 Å². The van der Waals surface area contributed by atoms with Crippen molar-refractivity contribution in [2.45, 2.75) is 13.0 Å². The lowest BCUT2D eigenvalue weighted by molar-refractivity contribution is -0.764. The fourth-order valence-electron chi connectivity index (χ4n) is 1.82. The molecule has 1 aliphatic rings. The minimum Gasteiger partial charge on any atom is -0.306 e. The highest BCUT2D eigenvalue weighted by atomic mass is 17.0. The minimum atomic E-state index is -1.06. The molecule has 6 nitrogen and oxygen atoms in total. The Kier molecular flexibility index (Phi) is 2.93. The zero-order chi connectivity index (χ0) is 13.3. The molecule has 0 aromatic heterocycles. The molecule has 6 heteroatoms. The Bertz CT molecular complexity index is 576. The average molecular weight is 247 g/mol. The highest BCUT2D eigenvalue weighted by Gasteiger charge is 2.29. The zero-order valence-corrected chi connectivity index (χ0v) is 9.45. The topological polar surface area (TPSA) is 86.5 Å². The molecule has 18 heavy (non-hydrogen) atoms. The first-order valence-corrected chi connectivity index (χ1v) is 5.21. The van der Waals surface area contributed by atoms with E-state index in [1.165, 1.54) is 13.0 Å². The number of allylic oxidation sites excluding steroid dienone is 1. The van der Waals surface area contributed by atoms with Gasteiger partial charge in [0.25, 0.3) is 5.09 Å². The molecule has 0 saturated carbocycles. The number of carbonyl (C=O) groups is 2. The van der Waals surface area contributed by atoms with Crippen LogP contribution in [0.15, 0.2) is 35.9 Å². The molecule has 0 aliphatic heterocycles. The summed E-state index contributed by atoms with van der Waals surface area (Å²) >= 11 is 0. The van der Waals surface area contributed by atoms with E-state index in [4.69, 9.17) is 0 Å². The van der Waals surface area contributed by atoms with Crippen LogP contribution in [0, 0.1) is 10.1 Å². The second kappa shape index (κ2) is 4.40. The number of Topliss-reactive ketones (excluding diaryl/α,β-unsaturated/α-hetero) is 1. The summed E-state index contributed by atoms with van der Waals surface area (Å²) in [6, 6.07) is 6.34. The van der Waals surface area contributed by atoms with Gasteiger partial charge in [0.15, 0.2) is 11.6 Å². The first kappa shape index (κ1) is 12.0. The Balaban J connectivity index is 2.39. The maximum Gasteiger partial charge on any atom is 0.295 e. The Hall–Kier alpha value is -2.50. The lowest BCUT2D eigenvalue weighted by Gasteiger charge is -2.18. The van der Waals surface area contributed by atoms with Gasteiger partial charge in [-0.1, -0.05) is 24.3 Å². The van der Waals surface area contributed by atoms with Crippen molar-refractivity contribution in [2.24, 2.45) is 0 Å². The van der Waals surface area contributed by atoms with Crippen molar-refractivity contribution >= 4 is 11.6 Å². The molecule has 0 fully saturated rings. The minimum absolute atomic E-state index is 0.00426. The van der Waals surface area contributed by atoms with Crippen LogP contribution in [0.25, 0.3) is 0 Å². The third-order valence-corrected chi connectivity index (χ3v) is 2.67. The second-order valence-electron chi connectivity index (χ2n) is 3.81. The van der Waals surface area contributed by atoms with Crippen molar-refractivity contribution < 1.29 is 19.5 Å². The Morgan fingerprint density at radius 3 is 2.44 bits per heavy atom. The van der Waals surface area contributed by atoms with Crippen LogP contribution in [0.4, 0.5) is 0 Å². The van der Waals surface area contributed by atoms with E-state index in [2.05, 4.69) is 4.84 Å². The molecule has 1 atom stereocenters. The van der Waals surface area contributed by atoms with E-state index in [9.17, 15) is 19.7 Å². The summed E-state index contributed by atoms with van der Waals surface area (Å²) in [4.78, 5) is 38.4. The van der Waals surface area contributed by atoms with Crippen LogP contribution in [0.1, 0.15) is 27.6 Å². The molecule has 1 aromatic rings. The van der Waals surface area contributed by atoms with Gasteiger partial charge in [-0.25, -0.2) is 0 Å². The molecule has 0 bridgehead atoms. The van der Waals surface area contributed by atoms with E-state index in [1.54, 1.807) is 18.2 Å². The normalized spacial score (nSPS) is 15.7. The van der Waals surface area contributed by atoms with Crippen molar-refractivity contribution in [3.8, 4) is 0 Å². The van der Waals surface area contributed by atoms with Crippen LogP contribution in [0.3, 0.4) is 0 Å². The second-order valence-corrected chi connectivity index (χ2v) is 3.81. The third-order valence-electron chi connectivity index (χ3n) is 2.67. The standard InChI is InChI=1S/C12H9NO5/c1-7(18-13(16)17)10-6-11(14)8-4-2-3-5-9(8)12(10)15/h2-7H,1H3. The first-order chi connectivity index (χ1) is 8.50. The number of rotatable bonds is 3. The molecule has 1 unspecified atom stereocenters. The van der Waals surface area contributed by atoms with Crippen molar-refractivity contribution in [3.63, 3.8) is 0 Å². The largest absolute Gasteiger partial charge is 0.306 e. The maximum atomic E-state index is 12.1. The Labute approximate surface area is 102 Å². The predicted octanol–water partition coefficient (Wildman–Crippen LogP) is 1.59. The molecule has 0 saturated heterocycles. The van der Waals surface area contributed by atoms with E-state index >= 15 is 0 Å². The lowest BCUT2D eigenvalue weighted by atomic mass is 9.87. The fourth-order valence-corrected chi connectivity index (χ4v) is 1.82. The van der Waals surface area contributed by atoms with Gasteiger partial charge in [0, 0.05) is 16.7 Å². The highest BCUT2D eigenvalue weighted by molar-refractivity contribution is 6.24. The van der Waals surface area contributed by atoms with Gasteiger partial charge in [0.1, 0.15) is 6.10 Å². The average Bonchev–Trinajstić information content (AvgIpc) is 2.33. The van der Waals surface area contributed by atoms with Crippen molar-refractivity contribution in [1.29, 1.82) is 0 Å². The van der Waals surface area contributed by atoms with Crippen LogP contribution in [-0.4, -0.2) is 22.8 Å². The van der Waals surface area contributed by atoms with Gasteiger partial charge in [-0.05, 0) is 13.0 Å². The molecule has 0 amide bonds. The van der Waals surface area contributed by atoms with Gasteiger partial charge in [0.05, 0.1) is 0 Å². The highest BCUT2D eigenvalue weighted by Crippen LogP contribution is 2.24. The molecule has 0 heterocycles. The quantitative estimate of drug-likeness (QED) is 0.598. The molecule has 92 valence electrons. The Morgan fingerprint density at radius 1 is 1.22 bits per heavy atom. The van der Waals surface area contributed by atoms with Gasteiger partial charge in [0.2, 0.25) is 0 Å². The number of hydrogen-bond acceptors (Lipinski definition) is 5. The number of nitrogens with zero attached hydrogens (tertiary/aromatic N) is 1. The lowest BCUT2D eigenvalue weighted by Crippen LogP contribution is -2.26. The molecule has 1 aliphatic carbocycles. The molecule has 0 radical (unpaired) electrons. The van der Waals surface area contributed by atoms with Crippen LogP contribution in [0.5, 0.6) is 0 Å². The molecule has 1 aromatic carbocycles. The molecular weight excluding hydrogens is 238 g/mol. The first-order valence-electron chi connectivity index (χ1n) is 5.21. The summed E-state index contributed by atoms with van der Waals surface area (Å²) in [5, 5.41) is 9.26. The van der Waals surface area contributed by atoms with Gasteiger partial charge < -0.3 is 4.84 Å². The third kappa shape index (κ3) is 2.00. The van der Waals surface area contributed by atoms with Gasteiger partial charge in [-0.15, -0.1) is 10.1 Å². The number of ketones is 2. The zero-order valence-electron chi connectivity index (χ0n) is 9.45. The van der Waals surface area contributed by atoms with Crippen LogP contribution in [0.2, 0.25) is 0 Å². The van der Waals surface area contributed by atoms with Gasteiger partial charge >= 0.3 is 0 Å². The SMILES string of the molecule is CC(O[N+](=O)[O-])C1=CC(=O)c2ccccc2C1=O. The summed E-state index contributed by atoms with van der Waals surface area (Å²) in [6.45, 7) is 1.35. The molecule has 2 rings (SSSR count). The smallest absolute Gasteiger partial charge is 0.295 e. The van der Waals surface area contributed by atoms with E-state index in [-0.39, 0.29) is 16.9 Å². The van der Waals surface area contributed by atoms with Crippen LogP contribution < -0.4 is 0 Å². The Morgan fingerprint density at radius 2 is 1.83 bits per heavy atom. The van der Waals surface area contributed by atoms with E-state index in [1.807, 2.05) is 0 Å². The summed E-state index contributed by atoms with van der Waals surface area (Å²) < 4.78 is 0. The molecule has 0 N–H and O–H groups in total. The maximum absolute atomic E-state index is 12.1. The van der Waals surface area contributed by atoms with Gasteiger partial charge in [-0.3, -0.25) is 9.59 Å². The monoisotopic (exact) mass is 247 g/mol. The molecule has 0 spiro atoms. The number of hydrogen-bond donors (Lipinski definition) is 0. The van der Waals surface area contributed by atoms with Gasteiger partial charge in [-0.2, -0.15) is 0 Å². The molecular formula is C12H9NO5. The summed E-state index contributed by atoms with van der Waals surface area (Å²) in [5.41, 5.74) is 0.550. The van der Waals surface area contributed by atoms with Crippen molar-refractivity contribution in [1.82, 2.24) is 0 Å². The summed E-state index contributed by atoms with van der Waals surface area (Å²) in [5.74, 6) is -0.765. The van der Waals surface area contributed by atoms with Crippen molar-refractivity contribution in [2.75, 3.05) is 0 Å². The predicted molar refractivity (Wildman–Crippen MR) is 60.7 cm³/mol. The fraction of sp³-hybridized carbons (Fsp3) is 0.167. The van der Waals surface area contributed by atoms with Crippen LogP contribution in [-0.2, 0) is 4.84 Å². The summed E-state index contributed by atoms with van der Waals surface area (Å²) in [7, 11) is 0. The summed E-state index contributed by atoms with van der Waals surface area (Å²) in [6.07, 6.45) is 0.0311. The number of benzene rings is 1. The van der Waals surface area contributed by atoms with Crippen molar-refractivity contribution in [3.05, 3.63) is 57.2 Å². The number of fused-ring (bicyclic) bond motifs is 1. The van der Waals surface area contributed by atoms with E-state index in [0.29, 0.717) is 5.56 Å². The number of carbonyl (C=O) groups excluding carboxylic acids is 2. The van der Waals surface area contributed by atoms with E-state index in [0.717, 1.165) is 6.08 Å². The van der Waals surface area contributed by atoms with Crippen LogP contribution >= 0.6 is 0 Å².